The molecule has 0 radical (unpaired) electrons. The molecule has 2 N–H and O–H groups in total. The van der Waals surface area contributed by atoms with Gasteiger partial charge in [0, 0.05) is 23.3 Å². The van der Waals surface area contributed by atoms with E-state index in [1.54, 1.807) is 26.0 Å². The van der Waals surface area contributed by atoms with Gasteiger partial charge >= 0.3 is 12.3 Å². The molecule has 7 rings (SSSR count). The first-order valence-electron chi connectivity index (χ1n) is 18.5. The number of aromatic nitrogens is 1. The Morgan fingerprint density at radius 2 is 1.93 bits per heavy atom. The number of nitrogens with one attached hydrogen (secondary N) is 2. The van der Waals surface area contributed by atoms with Gasteiger partial charge in [0.1, 0.15) is 29.0 Å². The Bertz CT molecular complexity index is 2060. The molecule has 2 saturated heterocycles. The van der Waals surface area contributed by atoms with Crippen molar-refractivity contribution in [2.75, 3.05) is 26.0 Å². The van der Waals surface area contributed by atoms with E-state index in [1.165, 1.54) is 24.1 Å². The normalized spacial score (nSPS) is 29.8. The van der Waals surface area contributed by atoms with Gasteiger partial charge in [-0.3, -0.25) is 14.4 Å². The number of carbonyl (C=O) groups excluding carboxylic acids is 4. The highest BCUT2D eigenvalue weighted by Crippen LogP contribution is 2.50. The number of aryl methyl sites for hydroxylation is 1. The molecule has 5 atom stereocenters. The van der Waals surface area contributed by atoms with E-state index < -0.39 is 86.7 Å². The van der Waals surface area contributed by atoms with Gasteiger partial charge < -0.3 is 29.7 Å². The number of hydrogen-bond donors (Lipinski definition) is 2. The predicted octanol–water partition coefficient (Wildman–Crippen LogP) is 4.00. The Hall–Kier alpha value is -4.61. The molecule has 1 aromatic heterocycles. The smallest absolute Gasteiger partial charge is 0.437 e. The van der Waals surface area contributed by atoms with Crippen molar-refractivity contribution in [1.29, 1.82) is 0 Å². The topological polar surface area (TPSA) is 174 Å². The van der Waals surface area contributed by atoms with Crippen LogP contribution in [0.3, 0.4) is 0 Å². The first kappa shape index (κ1) is 38.7. The molecule has 1 spiro atoms. The molecule has 3 fully saturated rings. The molecule has 0 unspecified atom stereocenters. The van der Waals surface area contributed by atoms with Crippen molar-refractivity contribution in [1.82, 2.24) is 24.8 Å². The number of nitrogens with zero attached hydrogens (tertiary/aromatic N) is 3. The van der Waals surface area contributed by atoms with Crippen molar-refractivity contribution in [2.45, 2.75) is 107 Å². The van der Waals surface area contributed by atoms with Crippen LogP contribution in [0, 0.1) is 5.92 Å². The van der Waals surface area contributed by atoms with Crippen LogP contribution >= 0.6 is 0 Å². The van der Waals surface area contributed by atoms with Crippen molar-refractivity contribution < 1.29 is 55.0 Å². The first-order valence-corrected chi connectivity index (χ1v) is 20.2. The second-order valence-corrected chi connectivity index (χ2v) is 17.3. The highest BCUT2D eigenvalue weighted by molar-refractivity contribution is 7.90. The Morgan fingerprint density at radius 1 is 1.15 bits per heavy atom. The van der Waals surface area contributed by atoms with E-state index in [2.05, 4.69) is 15.6 Å². The van der Waals surface area contributed by atoms with Crippen LogP contribution in [-0.4, -0.2) is 102 Å². The number of carbonyl (C=O) groups is 4. The summed E-state index contributed by atoms with van der Waals surface area (Å²) in [5, 5.41) is 5.83. The summed E-state index contributed by atoms with van der Waals surface area (Å²) in [7, 11) is -2.41. The minimum atomic E-state index is -4.92. The van der Waals surface area contributed by atoms with Gasteiger partial charge in [0.15, 0.2) is 11.4 Å². The molecule has 4 amide bonds. The minimum absolute atomic E-state index is 0.0322. The standard InChI is InChI=1S/C37H44F3N5O9S/c1-21(2)53-34(49)42-27-10-8-6-4-5-7-9-22-18-36(22,33(48)45-15-16-55(45,50)51)43-31(46)28-19-35(20-44(28)32(27)47)14-13-24-25-17-23(52-3)11-12-26(25)41-30(29(24)54-35)37(38,39)40/h7,9,11-12,17,21-22,27-28H,4-6,8,10,13-16,18-20H2,1-3H3,(H,42,49)(H,43,46)/b9-7-/t22-,27+,28+,35-,36-/m1/s1. The van der Waals surface area contributed by atoms with E-state index in [-0.39, 0.29) is 62.0 Å². The average Bonchev–Trinajstić information content (AvgIpc) is 3.69. The van der Waals surface area contributed by atoms with E-state index in [4.69, 9.17) is 14.2 Å². The van der Waals surface area contributed by atoms with Crippen molar-refractivity contribution >= 4 is 44.7 Å². The van der Waals surface area contributed by atoms with Gasteiger partial charge in [0.25, 0.3) is 5.91 Å². The SMILES string of the molecule is COc1ccc2nc(C(F)(F)F)c3c(c2c1)CC[C@]1(C[C@H]2C(=O)N[C@]4(C(=O)N5CCS5(=O)=O)C[C@H]4/C=C\CCCCC[C@H](NC(=O)OC(C)C)C(=O)N2C1)O3. The number of allylic oxidation sites excluding steroid dienone is 1. The lowest BCUT2D eigenvalue weighted by molar-refractivity contribution is -0.144. The second-order valence-electron chi connectivity index (χ2n) is 15.3. The Balaban J connectivity index is 1.28. The van der Waals surface area contributed by atoms with Gasteiger partial charge in [-0.1, -0.05) is 25.0 Å². The zero-order chi connectivity index (χ0) is 39.5. The van der Waals surface area contributed by atoms with E-state index in [0.29, 0.717) is 36.8 Å². The summed E-state index contributed by atoms with van der Waals surface area (Å²) in [6, 6.07) is 2.00. The Labute approximate surface area is 316 Å². The molecule has 1 aromatic carbocycles. The molecule has 2 aromatic rings. The Kier molecular flexibility index (Phi) is 9.95. The van der Waals surface area contributed by atoms with Crippen LogP contribution < -0.4 is 20.1 Å². The van der Waals surface area contributed by atoms with Crippen LogP contribution in [0.5, 0.6) is 11.5 Å². The maximum absolute atomic E-state index is 14.7. The molecule has 4 aliphatic heterocycles. The summed E-state index contributed by atoms with van der Waals surface area (Å²) in [5.41, 5.74) is -4.01. The molecule has 5 aliphatic rings. The third kappa shape index (κ3) is 7.29. The highest BCUT2D eigenvalue weighted by Gasteiger charge is 2.65. The molecule has 298 valence electrons. The number of methoxy groups -OCH3 is 1. The number of rotatable bonds is 4. The lowest BCUT2D eigenvalue weighted by Gasteiger charge is -2.37. The monoisotopic (exact) mass is 791 g/mol. The number of alkyl carbamates (subject to hydrolysis) is 1. The maximum Gasteiger partial charge on any atom is 0.437 e. The van der Waals surface area contributed by atoms with E-state index in [1.807, 2.05) is 6.08 Å². The fraction of sp³-hybridized carbons (Fsp3) is 0.595. The summed E-state index contributed by atoms with van der Waals surface area (Å²) < 4.78 is 86.8. The summed E-state index contributed by atoms with van der Waals surface area (Å²) in [6.07, 6.45) is 0.170. The van der Waals surface area contributed by atoms with Crippen molar-refractivity contribution in [2.24, 2.45) is 5.92 Å². The number of ether oxygens (including phenoxy) is 3. The largest absolute Gasteiger partial charge is 0.497 e. The molecule has 0 bridgehead atoms. The number of hydrogen-bond acceptors (Lipinski definition) is 10. The fourth-order valence-electron chi connectivity index (χ4n) is 8.20. The number of benzene rings is 1. The van der Waals surface area contributed by atoms with Gasteiger partial charge in [-0.15, -0.1) is 0 Å². The van der Waals surface area contributed by atoms with Crippen LogP contribution in [0.1, 0.15) is 76.5 Å². The molecule has 1 saturated carbocycles. The molecular weight excluding hydrogens is 747 g/mol. The highest BCUT2D eigenvalue weighted by atomic mass is 32.2. The van der Waals surface area contributed by atoms with E-state index in [0.717, 1.165) is 4.31 Å². The predicted molar refractivity (Wildman–Crippen MR) is 190 cm³/mol. The van der Waals surface area contributed by atoms with Crippen molar-refractivity contribution in [3.05, 3.63) is 41.6 Å². The maximum atomic E-state index is 14.7. The molecule has 5 heterocycles. The van der Waals surface area contributed by atoms with Gasteiger partial charge in [-0.2, -0.15) is 13.2 Å². The van der Waals surface area contributed by atoms with Crippen molar-refractivity contribution in [3.63, 3.8) is 0 Å². The first-order chi connectivity index (χ1) is 26.0. The van der Waals surface area contributed by atoms with Gasteiger partial charge in [-0.05, 0) is 70.6 Å². The van der Waals surface area contributed by atoms with E-state index in [9.17, 15) is 40.8 Å². The van der Waals surface area contributed by atoms with Crippen LogP contribution in [0.15, 0.2) is 30.4 Å². The third-order valence-electron chi connectivity index (χ3n) is 11.2. The van der Waals surface area contributed by atoms with Crippen LogP contribution in [0.25, 0.3) is 10.9 Å². The fourth-order valence-corrected chi connectivity index (χ4v) is 9.28. The number of fused-ring (bicyclic) bond motifs is 5. The zero-order valence-electron chi connectivity index (χ0n) is 30.7. The minimum Gasteiger partial charge on any atom is -0.497 e. The Morgan fingerprint density at radius 3 is 2.60 bits per heavy atom. The lowest BCUT2D eigenvalue weighted by atomic mass is 9.87. The third-order valence-corrected chi connectivity index (χ3v) is 12.9. The molecule has 1 aliphatic carbocycles. The quantitative estimate of drug-likeness (QED) is 0.431. The molecule has 55 heavy (non-hydrogen) atoms. The van der Waals surface area contributed by atoms with Crippen LogP contribution in [0.2, 0.25) is 0 Å². The van der Waals surface area contributed by atoms with Gasteiger partial charge in [0.2, 0.25) is 21.8 Å². The molecular formula is C37H44F3N5O9S. The lowest BCUT2D eigenvalue weighted by Crippen LogP contribution is -2.62. The van der Waals surface area contributed by atoms with Crippen LogP contribution in [-0.2, 0) is 41.7 Å². The number of amides is 4. The van der Waals surface area contributed by atoms with Crippen LogP contribution in [0.4, 0.5) is 18.0 Å². The molecule has 14 nitrogen and oxygen atoms in total. The number of pyridine rings is 1. The zero-order valence-corrected chi connectivity index (χ0v) is 31.6. The number of sulfonamides is 1. The van der Waals surface area contributed by atoms with Crippen molar-refractivity contribution in [3.8, 4) is 11.5 Å². The number of halogens is 3. The molecule has 18 heteroatoms. The summed E-state index contributed by atoms with van der Waals surface area (Å²) in [5.74, 6) is -3.07. The van der Waals surface area contributed by atoms with Gasteiger partial charge in [-0.25, -0.2) is 22.5 Å². The second kappa shape index (κ2) is 14.2. The van der Waals surface area contributed by atoms with Gasteiger partial charge in [0.05, 0.1) is 37.6 Å². The van der Waals surface area contributed by atoms with E-state index >= 15 is 0 Å². The summed E-state index contributed by atoms with van der Waals surface area (Å²) in [6.45, 7) is 2.94. The summed E-state index contributed by atoms with van der Waals surface area (Å²) in [4.78, 5) is 60.9. The number of alkyl halides is 3. The summed E-state index contributed by atoms with van der Waals surface area (Å²) >= 11 is 0. The average molecular weight is 792 g/mol.